The number of ketones is 1. The van der Waals surface area contributed by atoms with Crippen LogP contribution in [0.4, 0.5) is 5.82 Å². The van der Waals surface area contributed by atoms with Gasteiger partial charge in [-0.15, -0.1) is 11.7 Å². The molecule has 2 N–H and O–H groups in total. The van der Waals surface area contributed by atoms with Crippen LogP contribution < -0.4 is 10.2 Å². The lowest BCUT2D eigenvalue weighted by atomic mass is 9.44. The van der Waals surface area contributed by atoms with Crippen LogP contribution in [0.5, 0.6) is 0 Å². The number of hydrogen-bond acceptors (Lipinski definition) is 11. The van der Waals surface area contributed by atoms with Gasteiger partial charge in [0, 0.05) is 54.9 Å². The summed E-state index contributed by atoms with van der Waals surface area (Å²) in [7, 11) is 0. The maximum absolute atomic E-state index is 13.8. The van der Waals surface area contributed by atoms with Crippen molar-refractivity contribution in [2.45, 2.75) is 91.5 Å². The second kappa shape index (κ2) is 13.7. The molecular formula is C41H53N9O4. The number of benzene rings is 1. The van der Waals surface area contributed by atoms with Crippen LogP contribution in [0.25, 0.3) is 22.4 Å². The number of nitrogens with one attached hydrogen (secondary N) is 1. The molecular weight excluding hydrogens is 683 g/mol. The van der Waals surface area contributed by atoms with Crippen molar-refractivity contribution >= 4 is 28.7 Å². The fraction of sp³-hybridized carbons (Fsp3) is 0.585. The number of carbonyl (C=O) groups is 2. The Bertz CT molecular complexity index is 2060. The number of Topliss-reactive ketones (excluding diaryl/α,β-unsaturated/α-hetero) is 1. The molecule has 4 aliphatic rings. The van der Waals surface area contributed by atoms with Gasteiger partial charge in [-0.05, 0) is 55.4 Å². The molecule has 4 heterocycles. The van der Waals surface area contributed by atoms with Crippen LogP contribution in [0, 0.1) is 34.0 Å². The van der Waals surface area contributed by atoms with E-state index in [2.05, 4.69) is 81.5 Å². The van der Waals surface area contributed by atoms with E-state index in [0.29, 0.717) is 18.5 Å². The van der Waals surface area contributed by atoms with Crippen molar-refractivity contribution in [1.82, 2.24) is 39.8 Å². The summed E-state index contributed by atoms with van der Waals surface area (Å²) >= 11 is 0. The predicted octanol–water partition coefficient (Wildman–Crippen LogP) is 5.01. The first-order chi connectivity index (χ1) is 25.9. The van der Waals surface area contributed by atoms with Crippen LogP contribution in [-0.2, 0) is 20.9 Å². The maximum atomic E-state index is 13.8. The third-order valence-electron chi connectivity index (χ3n) is 14.3. The standard InChI is InChI=1S/C41H53N9O4/c1-7-39(5)20-32(40(6)25(2)12-14-41(26(3)36(39)53)15-13-31(51)35(40)41)54-33(52)22-49-21-30(46-47-49)29-10-8-28(9-11-29)27(4)50-24-45-34-37(43-23-44-38(34)50)48-18-16-42-17-19-48/h7-11,21,23-27,32,35-36,42,53H,1,12-20,22H2,2-6H3/t25-,26+,27-,32-,35+,36+,39-,40+,41+/m1/s1. The minimum Gasteiger partial charge on any atom is -0.460 e. The third kappa shape index (κ3) is 5.77. The minimum atomic E-state index is -0.710. The number of aliphatic hydroxyl groups is 1. The lowest BCUT2D eigenvalue weighted by molar-refractivity contribution is -0.207. The van der Waals surface area contributed by atoms with Gasteiger partial charge in [-0.25, -0.2) is 19.6 Å². The Morgan fingerprint density at radius 2 is 1.89 bits per heavy atom. The Labute approximate surface area is 316 Å². The number of piperazine rings is 1. The van der Waals surface area contributed by atoms with Gasteiger partial charge in [0.2, 0.25) is 0 Å². The molecule has 1 saturated heterocycles. The van der Waals surface area contributed by atoms with Crippen molar-refractivity contribution in [2.75, 3.05) is 31.1 Å². The van der Waals surface area contributed by atoms with Crippen molar-refractivity contribution < 1.29 is 19.4 Å². The first-order valence-electron chi connectivity index (χ1n) is 19.6. The summed E-state index contributed by atoms with van der Waals surface area (Å²) in [5.41, 5.74) is 2.60. The monoisotopic (exact) mass is 735 g/mol. The molecule has 13 nitrogen and oxygen atoms in total. The molecule has 3 saturated carbocycles. The number of imidazole rings is 1. The summed E-state index contributed by atoms with van der Waals surface area (Å²) in [6, 6.07) is 8.11. The molecule has 286 valence electrons. The zero-order chi connectivity index (χ0) is 38.0. The van der Waals surface area contributed by atoms with Crippen molar-refractivity contribution in [3.05, 3.63) is 61.3 Å². The number of carbonyl (C=O) groups excluding carboxylic acids is 2. The van der Waals surface area contributed by atoms with Gasteiger partial charge in [-0.3, -0.25) is 9.59 Å². The Morgan fingerprint density at radius 3 is 2.63 bits per heavy atom. The zero-order valence-electron chi connectivity index (χ0n) is 32.1. The zero-order valence-corrected chi connectivity index (χ0v) is 32.1. The normalized spacial score (nSPS) is 33.2. The molecule has 4 fully saturated rings. The number of fused-ring (bicyclic) bond motifs is 1. The molecule has 0 amide bonds. The van der Waals surface area contributed by atoms with E-state index in [-0.39, 0.29) is 41.5 Å². The second-order valence-corrected chi connectivity index (χ2v) is 16.9. The van der Waals surface area contributed by atoms with Crippen molar-refractivity contribution in [1.29, 1.82) is 0 Å². The molecule has 8 rings (SSSR count). The molecule has 1 aromatic carbocycles. The van der Waals surface area contributed by atoms with E-state index >= 15 is 0 Å². The fourth-order valence-electron chi connectivity index (χ4n) is 10.7. The second-order valence-electron chi connectivity index (χ2n) is 16.9. The molecule has 1 aliphatic heterocycles. The molecule has 0 radical (unpaired) electrons. The van der Waals surface area contributed by atoms with E-state index in [0.717, 1.165) is 73.6 Å². The smallest absolute Gasteiger partial charge is 0.328 e. The molecule has 4 aromatic rings. The summed E-state index contributed by atoms with van der Waals surface area (Å²) in [6.07, 6.45) is 9.20. The van der Waals surface area contributed by atoms with Gasteiger partial charge in [0.05, 0.1) is 24.7 Å². The van der Waals surface area contributed by atoms with E-state index in [1.165, 1.54) is 4.68 Å². The summed E-state index contributed by atoms with van der Waals surface area (Å²) in [5, 5.41) is 23.9. The first-order valence-corrected chi connectivity index (χ1v) is 19.6. The van der Waals surface area contributed by atoms with Gasteiger partial charge in [-0.2, -0.15) is 0 Å². The molecule has 54 heavy (non-hydrogen) atoms. The van der Waals surface area contributed by atoms with Gasteiger partial charge in [0.25, 0.3) is 0 Å². The van der Waals surface area contributed by atoms with Gasteiger partial charge >= 0.3 is 5.97 Å². The highest BCUT2D eigenvalue weighted by atomic mass is 16.5. The fourth-order valence-corrected chi connectivity index (χ4v) is 10.7. The number of aliphatic hydroxyl groups excluding tert-OH is 1. The number of hydrogen-bond donors (Lipinski definition) is 2. The van der Waals surface area contributed by atoms with Crippen LogP contribution in [0.15, 0.2) is 55.8 Å². The van der Waals surface area contributed by atoms with E-state index in [1.807, 2.05) is 31.5 Å². The van der Waals surface area contributed by atoms with E-state index in [9.17, 15) is 14.7 Å². The van der Waals surface area contributed by atoms with Crippen LogP contribution in [0.1, 0.15) is 78.3 Å². The predicted molar refractivity (Wildman–Crippen MR) is 204 cm³/mol. The number of aromatic nitrogens is 7. The van der Waals surface area contributed by atoms with Crippen molar-refractivity contribution in [2.24, 2.45) is 34.0 Å². The molecule has 0 spiro atoms. The number of ether oxygens (including phenoxy) is 1. The average molecular weight is 736 g/mol. The number of anilines is 1. The Hall–Kier alpha value is -4.49. The van der Waals surface area contributed by atoms with E-state index < -0.39 is 29.0 Å². The summed E-state index contributed by atoms with van der Waals surface area (Å²) in [6.45, 7) is 18.2. The molecule has 2 bridgehead atoms. The van der Waals surface area contributed by atoms with Crippen molar-refractivity contribution in [3.63, 3.8) is 0 Å². The maximum Gasteiger partial charge on any atom is 0.328 e. The largest absolute Gasteiger partial charge is 0.460 e. The number of nitrogens with zero attached hydrogens (tertiary/aromatic N) is 8. The molecule has 9 atom stereocenters. The van der Waals surface area contributed by atoms with Crippen LogP contribution in [0.3, 0.4) is 0 Å². The quantitative estimate of drug-likeness (QED) is 0.186. The first kappa shape index (κ1) is 36.5. The third-order valence-corrected chi connectivity index (χ3v) is 14.3. The van der Waals surface area contributed by atoms with E-state index in [4.69, 9.17) is 9.72 Å². The Morgan fingerprint density at radius 1 is 1.13 bits per heavy atom. The summed E-state index contributed by atoms with van der Waals surface area (Å²) < 4.78 is 10.0. The molecule has 0 unspecified atom stereocenters. The highest BCUT2D eigenvalue weighted by molar-refractivity contribution is 5.86. The average Bonchev–Trinajstić information content (AvgIpc) is 3.93. The summed E-state index contributed by atoms with van der Waals surface area (Å²) in [5.74, 6) is 0.465. The number of rotatable bonds is 8. The lowest BCUT2D eigenvalue weighted by Crippen LogP contribution is -2.63. The van der Waals surface area contributed by atoms with Gasteiger partial charge in [-0.1, -0.05) is 63.2 Å². The Balaban J connectivity index is 0.986. The van der Waals surface area contributed by atoms with E-state index in [1.54, 1.807) is 12.5 Å². The summed E-state index contributed by atoms with van der Waals surface area (Å²) in [4.78, 5) is 43.7. The highest BCUT2D eigenvalue weighted by Crippen LogP contribution is 2.68. The van der Waals surface area contributed by atoms with Crippen LogP contribution in [-0.4, -0.2) is 89.8 Å². The molecule has 3 aromatic heterocycles. The Kier molecular flexibility index (Phi) is 9.23. The van der Waals surface area contributed by atoms with Crippen LogP contribution >= 0.6 is 0 Å². The SMILES string of the molecule is C=C[C@]1(C)C[C@@H](OC(=O)Cn2cc(-c3ccc([C@@H](C)n4cnc5c(N6CCNCC6)ncnc54)cc3)nn2)[C@]2(C)[C@H](C)CC[C@]3(CCC(=O)[C@H]32)[C@@H](C)[C@@H]1O. The topological polar surface area (TPSA) is 153 Å². The van der Waals surface area contributed by atoms with Crippen molar-refractivity contribution in [3.8, 4) is 11.3 Å². The van der Waals surface area contributed by atoms with Crippen LogP contribution in [0.2, 0.25) is 0 Å². The van der Waals surface area contributed by atoms with Gasteiger partial charge in [0.15, 0.2) is 17.0 Å². The van der Waals surface area contributed by atoms with Gasteiger partial charge < -0.3 is 24.6 Å². The molecule has 13 heteroatoms. The van der Waals surface area contributed by atoms with Gasteiger partial charge in [0.1, 0.15) is 30.5 Å². The minimum absolute atomic E-state index is 0.0285. The lowest BCUT2D eigenvalue weighted by Gasteiger charge is -2.61. The highest BCUT2D eigenvalue weighted by Gasteiger charge is 2.68. The number of esters is 1. The molecule has 3 aliphatic carbocycles.